The van der Waals surface area contributed by atoms with Gasteiger partial charge >= 0.3 is 0 Å². The number of nitriles is 1. The van der Waals surface area contributed by atoms with Crippen LogP contribution in [0.1, 0.15) is 18.9 Å². The molecule has 3 rings (SSSR count). The molecule has 5 nitrogen and oxygen atoms in total. The van der Waals surface area contributed by atoms with Crippen LogP contribution in [0, 0.1) is 17.2 Å². The molecule has 1 saturated heterocycles. The van der Waals surface area contributed by atoms with Crippen molar-refractivity contribution < 1.29 is 0 Å². The van der Waals surface area contributed by atoms with Crippen molar-refractivity contribution >= 4 is 16.7 Å². The van der Waals surface area contributed by atoms with E-state index in [4.69, 9.17) is 11.0 Å². The summed E-state index contributed by atoms with van der Waals surface area (Å²) in [7, 11) is 0. The van der Waals surface area contributed by atoms with E-state index in [2.05, 4.69) is 27.9 Å². The summed E-state index contributed by atoms with van der Waals surface area (Å²) in [5.41, 5.74) is 9.16. The Bertz CT molecular complexity index is 666. The van der Waals surface area contributed by atoms with Gasteiger partial charge in [-0.15, -0.1) is 0 Å². The van der Waals surface area contributed by atoms with Gasteiger partial charge in [0.25, 0.3) is 0 Å². The molecule has 2 N–H and O–H groups in total. The van der Waals surface area contributed by atoms with E-state index in [9.17, 15) is 0 Å². The Morgan fingerprint density at radius 1 is 1.25 bits per heavy atom. The number of hydrogen-bond acceptors (Lipinski definition) is 5. The summed E-state index contributed by atoms with van der Waals surface area (Å²) in [5, 5.41) is 9.17. The first kappa shape index (κ1) is 12.8. The maximum Gasteiger partial charge on any atom is 0.113 e. The van der Waals surface area contributed by atoms with Crippen molar-refractivity contribution in [3.63, 3.8) is 0 Å². The average molecular weight is 267 g/mol. The highest BCUT2D eigenvalue weighted by Crippen LogP contribution is 2.29. The second-order valence-corrected chi connectivity index (χ2v) is 5.50. The minimum absolute atomic E-state index is 0.182. The zero-order valence-corrected chi connectivity index (χ0v) is 11.5. The molecule has 1 aliphatic rings. The standard InChI is InChI=1S/C15H17N5/c1-10-6-12(17)9-20(8-10)13-3-2-11(7-16)14-15(13)19-5-4-18-14/h2-5,10,12H,6,8-9,17H2,1H3. The minimum Gasteiger partial charge on any atom is -0.368 e. The van der Waals surface area contributed by atoms with Crippen molar-refractivity contribution in [2.45, 2.75) is 19.4 Å². The molecule has 1 fully saturated rings. The lowest BCUT2D eigenvalue weighted by Crippen LogP contribution is -2.46. The molecule has 1 aromatic carbocycles. The smallest absolute Gasteiger partial charge is 0.113 e. The van der Waals surface area contributed by atoms with Gasteiger partial charge in [0.15, 0.2) is 0 Å². The van der Waals surface area contributed by atoms with Gasteiger partial charge in [-0.1, -0.05) is 6.92 Å². The van der Waals surface area contributed by atoms with Crippen LogP contribution >= 0.6 is 0 Å². The molecule has 20 heavy (non-hydrogen) atoms. The molecular weight excluding hydrogens is 250 g/mol. The van der Waals surface area contributed by atoms with Crippen LogP contribution in [0.2, 0.25) is 0 Å². The number of fused-ring (bicyclic) bond motifs is 1. The highest BCUT2D eigenvalue weighted by molar-refractivity contribution is 5.91. The molecule has 0 radical (unpaired) electrons. The summed E-state index contributed by atoms with van der Waals surface area (Å²) in [4.78, 5) is 11.0. The molecule has 1 aliphatic heterocycles. The van der Waals surface area contributed by atoms with Crippen molar-refractivity contribution in [3.05, 3.63) is 30.1 Å². The highest BCUT2D eigenvalue weighted by atomic mass is 15.2. The quantitative estimate of drug-likeness (QED) is 0.850. The predicted molar refractivity (Wildman–Crippen MR) is 78.2 cm³/mol. The number of hydrogen-bond donors (Lipinski definition) is 1. The number of rotatable bonds is 1. The third-order valence-electron chi connectivity index (χ3n) is 3.76. The summed E-state index contributed by atoms with van der Waals surface area (Å²) in [6.45, 7) is 4.00. The fraction of sp³-hybridized carbons (Fsp3) is 0.400. The maximum absolute atomic E-state index is 9.17. The topological polar surface area (TPSA) is 78.8 Å². The molecule has 2 aromatic rings. The number of aromatic nitrogens is 2. The van der Waals surface area contributed by atoms with E-state index >= 15 is 0 Å². The monoisotopic (exact) mass is 267 g/mol. The molecule has 0 bridgehead atoms. The number of piperidine rings is 1. The summed E-state index contributed by atoms with van der Waals surface area (Å²) >= 11 is 0. The normalized spacial score (nSPS) is 22.8. The van der Waals surface area contributed by atoms with E-state index in [0.717, 1.165) is 30.7 Å². The third kappa shape index (κ3) is 2.19. The Labute approximate surface area is 118 Å². The maximum atomic E-state index is 9.17. The summed E-state index contributed by atoms with van der Waals surface area (Å²) < 4.78 is 0. The molecule has 2 atom stereocenters. The van der Waals surface area contributed by atoms with Crippen molar-refractivity contribution in [2.24, 2.45) is 11.7 Å². The Hall–Kier alpha value is -2.19. The van der Waals surface area contributed by atoms with Gasteiger partial charge in [-0.2, -0.15) is 5.26 Å². The van der Waals surface area contributed by atoms with Crippen LogP contribution in [0.25, 0.3) is 11.0 Å². The molecule has 0 amide bonds. The van der Waals surface area contributed by atoms with Gasteiger partial charge in [-0.3, -0.25) is 9.97 Å². The highest BCUT2D eigenvalue weighted by Gasteiger charge is 2.24. The van der Waals surface area contributed by atoms with Gasteiger partial charge in [0.1, 0.15) is 17.1 Å². The van der Waals surface area contributed by atoms with Crippen LogP contribution in [-0.4, -0.2) is 29.1 Å². The van der Waals surface area contributed by atoms with E-state index in [0.29, 0.717) is 17.0 Å². The Morgan fingerprint density at radius 3 is 2.70 bits per heavy atom. The molecule has 0 spiro atoms. The van der Waals surface area contributed by atoms with Gasteiger partial charge in [-0.05, 0) is 24.5 Å². The lowest BCUT2D eigenvalue weighted by atomic mass is 9.96. The lowest BCUT2D eigenvalue weighted by molar-refractivity contribution is 0.402. The first-order valence-corrected chi connectivity index (χ1v) is 6.83. The van der Waals surface area contributed by atoms with Crippen molar-refractivity contribution in [2.75, 3.05) is 18.0 Å². The molecule has 102 valence electrons. The van der Waals surface area contributed by atoms with E-state index in [1.165, 1.54) is 0 Å². The number of anilines is 1. The molecule has 2 unspecified atom stereocenters. The van der Waals surface area contributed by atoms with Crippen LogP contribution in [0.3, 0.4) is 0 Å². The van der Waals surface area contributed by atoms with Crippen LogP contribution in [0.5, 0.6) is 0 Å². The number of benzene rings is 1. The average Bonchev–Trinajstić information content (AvgIpc) is 2.45. The van der Waals surface area contributed by atoms with Crippen molar-refractivity contribution in [3.8, 4) is 6.07 Å². The lowest BCUT2D eigenvalue weighted by Gasteiger charge is -2.36. The van der Waals surface area contributed by atoms with Crippen LogP contribution < -0.4 is 10.6 Å². The van der Waals surface area contributed by atoms with E-state index in [-0.39, 0.29) is 6.04 Å². The van der Waals surface area contributed by atoms with Crippen molar-refractivity contribution in [1.29, 1.82) is 5.26 Å². The van der Waals surface area contributed by atoms with Crippen LogP contribution in [-0.2, 0) is 0 Å². The molecule has 1 aromatic heterocycles. The summed E-state index contributed by atoms with van der Waals surface area (Å²) in [6.07, 6.45) is 4.34. The predicted octanol–water partition coefficient (Wildman–Crippen LogP) is 1.67. The summed E-state index contributed by atoms with van der Waals surface area (Å²) in [5.74, 6) is 0.557. The first-order chi connectivity index (χ1) is 9.69. The van der Waals surface area contributed by atoms with E-state index in [1.54, 1.807) is 12.4 Å². The van der Waals surface area contributed by atoms with Crippen LogP contribution in [0.15, 0.2) is 24.5 Å². The van der Waals surface area contributed by atoms with E-state index < -0.39 is 0 Å². The molecular formula is C15H17N5. The van der Waals surface area contributed by atoms with Crippen LogP contribution in [0.4, 0.5) is 5.69 Å². The third-order valence-corrected chi connectivity index (χ3v) is 3.76. The van der Waals surface area contributed by atoms with Gasteiger partial charge in [0.05, 0.1) is 11.3 Å². The Kier molecular flexibility index (Phi) is 3.25. The SMILES string of the molecule is CC1CC(N)CN(c2ccc(C#N)c3nccnc23)C1. The van der Waals surface area contributed by atoms with E-state index in [1.807, 2.05) is 12.1 Å². The Morgan fingerprint density at radius 2 is 2.00 bits per heavy atom. The molecule has 0 saturated carbocycles. The fourth-order valence-electron chi connectivity index (χ4n) is 2.98. The molecule has 2 heterocycles. The second-order valence-electron chi connectivity index (χ2n) is 5.50. The minimum atomic E-state index is 0.182. The van der Waals surface area contributed by atoms with Crippen molar-refractivity contribution in [1.82, 2.24) is 9.97 Å². The van der Waals surface area contributed by atoms with Gasteiger partial charge in [0, 0.05) is 31.5 Å². The van der Waals surface area contributed by atoms with Gasteiger partial charge in [-0.25, -0.2) is 0 Å². The summed E-state index contributed by atoms with van der Waals surface area (Å²) in [6, 6.07) is 6.13. The zero-order chi connectivity index (χ0) is 14.1. The molecule has 5 heteroatoms. The second kappa shape index (κ2) is 5.06. The van der Waals surface area contributed by atoms with Gasteiger partial charge < -0.3 is 10.6 Å². The number of nitrogens with two attached hydrogens (primary N) is 1. The molecule has 0 aliphatic carbocycles. The largest absolute Gasteiger partial charge is 0.368 e. The Balaban J connectivity index is 2.11. The number of nitrogens with zero attached hydrogens (tertiary/aromatic N) is 4. The zero-order valence-electron chi connectivity index (χ0n) is 11.5. The first-order valence-electron chi connectivity index (χ1n) is 6.83. The van der Waals surface area contributed by atoms with Gasteiger partial charge in [0.2, 0.25) is 0 Å². The fourth-order valence-corrected chi connectivity index (χ4v) is 2.98.